The molecule has 1 unspecified atom stereocenters. The highest BCUT2D eigenvalue weighted by Gasteiger charge is 2.40. The van der Waals surface area contributed by atoms with Crippen molar-refractivity contribution in [2.45, 2.75) is 31.4 Å². The zero-order valence-corrected chi connectivity index (χ0v) is 11.7. The average Bonchev–Trinajstić information content (AvgIpc) is 3.16. The van der Waals surface area contributed by atoms with E-state index >= 15 is 0 Å². The van der Waals surface area contributed by atoms with Crippen molar-refractivity contribution in [3.63, 3.8) is 0 Å². The molecule has 0 aliphatic carbocycles. The number of nitrogens with zero attached hydrogens (tertiary/aromatic N) is 2. The Kier molecular flexibility index (Phi) is 3.79. The van der Waals surface area contributed by atoms with Gasteiger partial charge in [0.1, 0.15) is 11.9 Å². The summed E-state index contributed by atoms with van der Waals surface area (Å²) >= 11 is 0. The molecule has 1 aromatic carbocycles. The quantitative estimate of drug-likeness (QED) is 0.915. The number of hydrogen-bond acceptors (Lipinski definition) is 4. The summed E-state index contributed by atoms with van der Waals surface area (Å²) in [5.74, 6) is -1.77. The van der Waals surface area contributed by atoms with Crippen LogP contribution in [0.25, 0.3) is 0 Å². The van der Waals surface area contributed by atoms with Crippen molar-refractivity contribution in [2.75, 3.05) is 6.54 Å². The second-order valence-corrected chi connectivity index (χ2v) is 5.37. The minimum absolute atomic E-state index is 0.213. The standard InChI is InChI=1S/C15H15FN2O4/c16-10-4-1-3-9(7-10)11-8-13(22-17-11)14(19)18-6-2-5-12(18)15(20)21/h1,3-4,7,12-13H,2,5-6,8H2,(H,20,21)/t12-,13?/m0/s1. The molecule has 1 amide bonds. The molecule has 2 aliphatic rings. The highest BCUT2D eigenvalue weighted by molar-refractivity contribution is 6.04. The van der Waals surface area contributed by atoms with Crippen LogP contribution in [0.5, 0.6) is 0 Å². The molecule has 7 heteroatoms. The summed E-state index contributed by atoms with van der Waals surface area (Å²) in [5.41, 5.74) is 1.05. The molecule has 1 N–H and O–H groups in total. The Balaban J connectivity index is 1.69. The third-order valence-electron chi connectivity index (χ3n) is 3.92. The molecule has 22 heavy (non-hydrogen) atoms. The van der Waals surface area contributed by atoms with Crippen molar-refractivity contribution in [2.24, 2.45) is 5.16 Å². The topological polar surface area (TPSA) is 79.2 Å². The van der Waals surface area contributed by atoms with Gasteiger partial charge in [0, 0.05) is 18.5 Å². The SMILES string of the molecule is O=C(O)[C@@H]1CCCN1C(=O)C1CC(c2cccc(F)c2)=NO1. The fourth-order valence-electron chi connectivity index (χ4n) is 2.82. The van der Waals surface area contributed by atoms with Crippen LogP contribution in [0.1, 0.15) is 24.8 Å². The molecule has 0 saturated carbocycles. The average molecular weight is 306 g/mol. The molecule has 2 heterocycles. The number of benzene rings is 1. The molecule has 0 aromatic heterocycles. The maximum absolute atomic E-state index is 13.2. The summed E-state index contributed by atoms with van der Waals surface area (Å²) in [4.78, 5) is 30.0. The van der Waals surface area contributed by atoms with Gasteiger partial charge in [-0.1, -0.05) is 17.3 Å². The summed E-state index contributed by atoms with van der Waals surface area (Å²) in [7, 11) is 0. The number of oxime groups is 1. The van der Waals surface area contributed by atoms with E-state index in [0.717, 1.165) is 0 Å². The summed E-state index contributed by atoms with van der Waals surface area (Å²) in [5, 5.41) is 13.0. The van der Waals surface area contributed by atoms with E-state index in [9.17, 15) is 14.0 Å². The number of amides is 1. The van der Waals surface area contributed by atoms with Gasteiger partial charge in [-0.25, -0.2) is 9.18 Å². The second kappa shape index (κ2) is 5.75. The first-order chi connectivity index (χ1) is 10.6. The van der Waals surface area contributed by atoms with Crippen molar-refractivity contribution in [3.8, 4) is 0 Å². The van der Waals surface area contributed by atoms with Crippen molar-refractivity contribution in [1.82, 2.24) is 4.90 Å². The first kappa shape index (κ1) is 14.5. The maximum atomic E-state index is 13.2. The lowest BCUT2D eigenvalue weighted by Gasteiger charge is -2.23. The Morgan fingerprint density at radius 1 is 1.41 bits per heavy atom. The zero-order chi connectivity index (χ0) is 15.7. The van der Waals surface area contributed by atoms with Crippen LogP contribution in [0.4, 0.5) is 4.39 Å². The first-order valence-corrected chi connectivity index (χ1v) is 7.08. The Morgan fingerprint density at radius 3 is 2.95 bits per heavy atom. The van der Waals surface area contributed by atoms with E-state index in [2.05, 4.69) is 5.16 Å². The smallest absolute Gasteiger partial charge is 0.326 e. The molecule has 0 bridgehead atoms. The third-order valence-corrected chi connectivity index (χ3v) is 3.92. The molecule has 0 spiro atoms. The maximum Gasteiger partial charge on any atom is 0.326 e. The van der Waals surface area contributed by atoms with E-state index in [-0.39, 0.29) is 18.1 Å². The van der Waals surface area contributed by atoms with Crippen LogP contribution in [-0.2, 0) is 14.4 Å². The lowest BCUT2D eigenvalue weighted by molar-refractivity contribution is -0.153. The summed E-state index contributed by atoms with van der Waals surface area (Å²) in [6.45, 7) is 0.408. The summed E-state index contributed by atoms with van der Waals surface area (Å²) < 4.78 is 13.2. The number of rotatable bonds is 3. The predicted octanol–water partition coefficient (Wildman–Crippen LogP) is 1.39. The predicted molar refractivity (Wildman–Crippen MR) is 74.8 cm³/mol. The number of likely N-dealkylation sites (tertiary alicyclic amines) is 1. The lowest BCUT2D eigenvalue weighted by Crippen LogP contribution is -2.45. The van der Waals surface area contributed by atoms with Crippen molar-refractivity contribution >= 4 is 17.6 Å². The Hall–Kier alpha value is -2.44. The second-order valence-electron chi connectivity index (χ2n) is 5.37. The van der Waals surface area contributed by atoms with E-state index in [4.69, 9.17) is 9.94 Å². The molecule has 2 atom stereocenters. The molecule has 3 rings (SSSR count). The third kappa shape index (κ3) is 2.66. The van der Waals surface area contributed by atoms with Gasteiger partial charge >= 0.3 is 5.97 Å². The number of halogens is 1. The highest BCUT2D eigenvalue weighted by atomic mass is 19.1. The van der Waals surface area contributed by atoms with E-state index in [0.29, 0.717) is 30.7 Å². The minimum Gasteiger partial charge on any atom is -0.480 e. The molecule has 0 radical (unpaired) electrons. The van der Waals surface area contributed by atoms with Gasteiger partial charge in [-0.15, -0.1) is 0 Å². The van der Waals surface area contributed by atoms with Gasteiger partial charge in [0.2, 0.25) is 6.10 Å². The minimum atomic E-state index is -1.00. The van der Waals surface area contributed by atoms with E-state index < -0.39 is 18.1 Å². The van der Waals surface area contributed by atoms with Crippen molar-refractivity contribution < 1.29 is 23.9 Å². The van der Waals surface area contributed by atoms with Crippen LogP contribution < -0.4 is 0 Å². The van der Waals surface area contributed by atoms with Crippen LogP contribution in [-0.4, -0.2) is 46.3 Å². The monoisotopic (exact) mass is 306 g/mol. The first-order valence-electron chi connectivity index (χ1n) is 7.08. The van der Waals surface area contributed by atoms with Gasteiger partial charge < -0.3 is 14.8 Å². The highest BCUT2D eigenvalue weighted by Crippen LogP contribution is 2.24. The van der Waals surface area contributed by atoms with Gasteiger partial charge in [-0.05, 0) is 25.0 Å². The van der Waals surface area contributed by atoms with Crippen molar-refractivity contribution in [3.05, 3.63) is 35.6 Å². The van der Waals surface area contributed by atoms with Crippen molar-refractivity contribution in [1.29, 1.82) is 0 Å². The Labute approximate surface area is 126 Å². The van der Waals surface area contributed by atoms with Gasteiger partial charge in [0.25, 0.3) is 5.91 Å². The normalized spacial score (nSPS) is 24.0. The number of hydrogen-bond donors (Lipinski definition) is 1. The summed E-state index contributed by atoms with van der Waals surface area (Å²) in [6, 6.07) is 5.10. The zero-order valence-electron chi connectivity index (χ0n) is 11.7. The molecule has 2 aliphatic heterocycles. The van der Waals surface area contributed by atoms with Gasteiger partial charge in [-0.3, -0.25) is 4.79 Å². The number of carbonyl (C=O) groups is 2. The van der Waals surface area contributed by atoms with Crippen LogP contribution in [0, 0.1) is 5.82 Å². The van der Waals surface area contributed by atoms with Crippen LogP contribution in [0.2, 0.25) is 0 Å². The fraction of sp³-hybridized carbons (Fsp3) is 0.400. The Morgan fingerprint density at radius 2 is 2.23 bits per heavy atom. The number of aliphatic carboxylic acids is 1. The lowest BCUT2D eigenvalue weighted by atomic mass is 10.0. The van der Waals surface area contributed by atoms with E-state index in [1.54, 1.807) is 12.1 Å². The van der Waals surface area contributed by atoms with Crippen LogP contribution in [0.3, 0.4) is 0 Å². The van der Waals surface area contributed by atoms with Gasteiger partial charge in [0.15, 0.2) is 0 Å². The molecule has 1 fully saturated rings. The van der Waals surface area contributed by atoms with Gasteiger partial charge in [-0.2, -0.15) is 0 Å². The Bertz CT molecular complexity index is 646. The molecular weight excluding hydrogens is 291 g/mol. The number of carbonyl (C=O) groups excluding carboxylic acids is 1. The van der Waals surface area contributed by atoms with Crippen LogP contribution in [0.15, 0.2) is 29.4 Å². The number of carboxylic acids is 1. The molecule has 1 aromatic rings. The molecule has 6 nitrogen and oxygen atoms in total. The molecule has 116 valence electrons. The van der Waals surface area contributed by atoms with Crippen LogP contribution >= 0.6 is 0 Å². The van der Waals surface area contributed by atoms with E-state index in [1.165, 1.54) is 17.0 Å². The summed E-state index contributed by atoms with van der Waals surface area (Å²) in [6.07, 6.45) is 0.488. The van der Waals surface area contributed by atoms with Gasteiger partial charge in [0.05, 0.1) is 5.71 Å². The van der Waals surface area contributed by atoms with E-state index in [1.807, 2.05) is 0 Å². The largest absolute Gasteiger partial charge is 0.480 e. The molecule has 1 saturated heterocycles. The molecular formula is C15H15FN2O4. The number of carboxylic acid groups (broad SMARTS) is 1. The fourth-order valence-corrected chi connectivity index (χ4v) is 2.82.